The van der Waals surface area contributed by atoms with Crippen LogP contribution in [-0.2, 0) is 14.4 Å². The lowest BCUT2D eigenvalue weighted by Crippen LogP contribution is -2.49. The fraction of sp³-hybridized carbons (Fsp3) is 0.571. The molecule has 0 unspecified atom stereocenters. The Bertz CT molecular complexity index is 662. The lowest BCUT2D eigenvalue weighted by molar-refractivity contribution is -0.131. The fourth-order valence-corrected chi connectivity index (χ4v) is 3.39. The molecule has 0 saturated heterocycles. The Morgan fingerprint density at radius 1 is 0.926 bits per heavy atom. The molecule has 1 aliphatic carbocycles. The van der Waals surface area contributed by atoms with E-state index < -0.39 is 6.04 Å². The number of nitrogens with one attached hydrogen (secondary N) is 3. The van der Waals surface area contributed by atoms with Crippen LogP contribution in [0.1, 0.15) is 53.4 Å². The maximum absolute atomic E-state index is 12.7. The maximum Gasteiger partial charge on any atom is 0.247 e. The molecule has 148 valence electrons. The minimum atomic E-state index is -0.577. The molecule has 1 saturated carbocycles. The van der Waals surface area contributed by atoms with E-state index in [0.717, 1.165) is 25.7 Å². The van der Waals surface area contributed by atoms with E-state index in [1.54, 1.807) is 24.3 Å². The SMILES string of the molecule is CC(=O)Nc1ccc(NC(=O)[C@@H](NC(=O)C2CCC(C)CC2)C(C)C)cc1. The van der Waals surface area contributed by atoms with Gasteiger partial charge in [0.2, 0.25) is 17.7 Å². The Morgan fingerprint density at radius 3 is 1.93 bits per heavy atom. The van der Waals surface area contributed by atoms with Crippen LogP contribution in [0.5, 0.6) is 0 Å². The largest absolute Gasteiger partial charge is 0.344 e. The zero-order valence-corrected chi connectivity index (χ0v) is 16.7. The first-order valence-corrected chi connectivity index (χ1v) is 9.75. The van der Waals surface area contributed by atoms with Gasteiger partial charge in [-0.1, -0.05) is 20.8 Å². The van der Waals surface area contributed by atoms with Gasteiger partial charge < -0.3 is 16.0 Å². The molecular formula is C21H31N3O3. The van der Waals surface area contributed by atoms with Gasteiger partial charge in [-0.25, -0.2) is 0 Å². The second-order valence-corrected chi connectivity index (χ2v) is 7.93. The number of benzene rings is 1. The normalized spacial score (nSPS) is 20.6. The first-order chi connectivity index (χ1) is 12.8. The zero-order chi connectivity index (χ0) is 20.0. The highest BCUT2D eigenvalue weighted by Crippen LogP contribution is 2.28. The van der Waals surface area contributed by atoms with Crippen LogP contribution in [0.3, 0.4) is 0 Å². The lowest BCUT2D eigenvalue weighted by atomic mass is 9.82. The van der Waals surface area contributed by atoms with Gasteiger partial charge in [0.05, 0.1) is 0 Å². The number of rotatable bonds is 6. The Labute approximate surface area is 161 Å². The van der Waals surface area contributed by atoms with Crippen molar-refractivity contribution in [3.63, 3.8) is 0 Å². The van der Waals surface area contributed by atoms with E-state index in [0.29, 0.717) is 17.3 Å². The minimum absolute atomic E-state index is 0.00666. The highest BCUT2D eigenvalue weighted by atomic mass is 16.2. The number of hydrogen-bond acceptors (Lipinski definition) is 3. The van der Waals surface area contributed by atoms with Gasteiger partial charge in [-0.05, 0) is 61.8 Å². The van der Waals surface area contributed by atoms with Crippen molar-refractivity contribution in [2.45, 2.75) is 59.4 Å². The summed E-state index contributed by atoms with van der Waals surface area (Å²) in [5, 5.41) is 8.49. The van der Waals surface area contributed by atoms with Crippen molar-refractivity contribution in [1.29, 1.82) is 0 Å². The van der Waals surface area contributed by atoms with Gasteiger partial charge >= 0.3 is 0 Å². The predicted molar refractivity (Wildman–Crippen MR) is 107 cm³/mol. The predicted octanol–water partition coefficient (Wildman–Crippen LogP) is 3.55. The highest BCUT2D eigenvalue weighted by molar-refractivity contribution is 5.98. The van der Waals surface area contributed by atoms with Gasteiger partial charge in [0, 0.05) is 24.2 Å². The Morgan fingerprint density at radius 2 is 1.44 bits per heavy atom. The van der Waals surface area contributed by atoms with Crippen molar-refractivity contribution in [1.82, 2.24) is 5.32 Å². The van der Waals surface area contributed by atoms with E-state index in [9.17, 15) is 14.4 Å². The molecule has 1 atom stereocenters. The molecule has 6 heteroatoms. The van der Waals surface area contributed by atoms with E-state index in [4.69, 9.17) is 0 Å². The fourth-order valence-electron chi connectivity index (χ4n) is 3.39. The maximum atomic E-state index is 12.7. The van der Waals surface area contributed by atoms with Gasteiger partial charge in [0.15, 0.2) is 0 Å². The number of carbonyl (C=O) groups is 3. The monoisotopic (exact) mass is 373 g/mol. The molecule has 1 fully saturated rings. The molecule has 1 aromatic rings. The summed E-state index contributed by atoms with van der Waals surface area (Å²) in [6.45, 7) is 7.51. The third kappa shape index (κ3) is 6.38. The van der Waals surface area contributed by atoms with Crippen molar-refractivity contribution in [2.75, 3.05) is 10.6 Å². The molecule has 0 spiro atoms. The molecule has 0 aliphatic heterocycles. The Balaban J connectivity index is 1.96. The summed E-state index contributed by atoms with van der Waals surface area (Å²) in [6, 6.07) is 6.33. The third-order valence-corrected chi connectivity index (χ3v) is 5.11. The van der Waals surface area contributed by atoms with Crippen LogP contribution in [0.15, 0.2) is 24.3 Å². The number of carbonyl (C=O) groups excluding carboxylic acids is 3. The number of amides is 3. The third-order valence-electron chi connectivity index (χ3n) is 5.11. The van der Waals surface area contributed by atoms with Gasteiger partial charge in [-0.2, -0.15) is 0 Å². The highest BCUT2D eigenvalue weighted by Gasteiger charge is 2.29. The molecule has 1 aliphatic rings. The van der Waals surface area contributed by atoms with Crippen LogP contribution >= 0.6 is 0 Å². The van der Waals surface area contributed by atoms with Crippen LogP contribution in [0.4, 0.5) is 11.4 Å². The topological polar surface area (TPSA) is 87.3 Å². The van der Waals surface area contributed by atoms with Crippen LogP contribution in [0.2, 0.25) is 0 Å². The van der Waals surface area contributed by atoms with Crippen LogP contribution in [0.25, 0.3) is 0 Å². The van der Waals surface area contributed by atoms with Gasteiger partial charge in [0.1, 0.15) is 6.04 Å². The molecule has 2 rings (SSSR count). The summed E-state index contributed by atoms with van der Waals surface area (Å²) in [6.07, 6.45) is 3.92. The van der Waals surface area contributed by atoms with E-state index >= 15 is 0 Å². The van der Waals surface area contributed by atoms with Crippen molar-refractivity contribution < 1.29 is 14.4 Å². The van der Waals surface area contributed by atoms with Crippen LogP contribution in [-0.4, -0.2) is 23.8 Å². The van der Waals surface area contributed by atoms with Crippen molar-refractivity contribution in [3.8, 4) is 0 Å². The van der Waals surface area contributed by atoms with E-state index in [1.807, 2.05) is 13.8 Å². The molecule has 3 N–H and O–H groups in total. The average molecular weight is 373 g/mol. The molecular weight excluding hydrogens is 342 g/mol. The van der Waals surface area contributed by atoms with Crippen molar-refractivity contribution in [3.05, 3.63) is 24.3 Å². The van der Waals surface area contributed by atoms with Gasteiger partial charge in [0.25, 0.3) is 0 Å². The Kier molecular flexibility index (Phi) is 7.39. The summed E-state index contributed by atoms with van der Waals surface area (Å²) in [4.78, 5) is 36.4. The standard InChI is InChI=1S/C21H31N3O3/c1-13(2)19(24-20(26)16-7-5-14(3)6-8-16)21(27)23-18-11-9-17(10-12-18)22-15(4)25/h9-14,16,19H,5-8H2,1-4H3,(H,22,25)(H,23,27)(H,24,26)/t14?,16?,19-/m0/s1. The van der Waals surface area contributed by atoms with Gasteiger partial charge in [-0.15, -0.1) is 0 Å². The van der Waals surface area contributed by atoms with Gasteiger partial charge in [-0.3, -0.25) is 14.4 Å². The summed E-state index contributed by atoms with van der Waals surface area (Å²) in [5.74, 6) is 0.277. The lowest BCUT2D eigenvalue weighted by Gasteiger charge is -2.28. The van der Waals surface area contributed by atoms with E-state index in [-0.39, 0.29) is 29.6 Å². The minimum Gasteiger partial charge on any atom is -0.344 e. The molecule has 0 bridgehead atoms. The van der Waals surface area contributed by atoms with E-state index in [2.05, 4.69) is 22.9 Å². The summed E-state index contributed by atoms with van der Waals surface area (Å²) in [5.41, 5.74) is 1.29. The average Bonchev–Trinajstić information content (AvgIpc) is 2.61. The number of hydrogen-bond donors (Lipinski definition) is 3. The summed E-state index contributed by atoms with van der Waals surface area (Å²) < 4.78 is 0. The van der Waals surface area contributed by atoms with Crippen LogP contribution in [0, 0.1) is 17.8 Å². The summed E-state index contributed by atoms with van der Waals surface area (Å²) in [7, 11) is 0. The second kappa shape index (κ2) is 9.53. The van der Waals surface area contributed by atoms with Crippen molar-refractivity contribution in [2.24, 2.45) is 17.8 Å². The van der Waals surface area contributed by atoms with Crippen molar-refractivity contribution >= 4 is 29.1 Å². The summed E-state index contributed by atoms with van der Waals surface area (Å²) >= 11 is 0. The smallest absolute Gasteiger partial charge is 0.247 e. The first kappa shape index (κ1) is 20.9. The number of anilines is 2. The second-order valence-electron chi connectivity index (χ2n) is 7.93. The molecule has 0 heterocycles. The first-order valence-electron chi connectivity index (χ1n) is 9.75. The Hall–Kier alpha value is -2.37. The molecule has 1 aromatic carbocycles. The molecule has 0 radical (unpaired) electrons. The molecule has 27 heavy (non-hydrogen) atoms. The van der Waals surface area contributed by atoms with E-state index in [1.165, 1.54) is 6.92 Å². The molecule has 3 amide bonds. The molecule has 6 nitrogen and oxygen atoms in total. The zero-order valence-electron chi connectivity index (χ0n) is 16.7. The van der Waals surface area contributed by atoms with Crippen LogP contribution < -0.4 is 16.0 Å². The molecule has 0 aromatic heterocycles. The quantitative estimate of drug-likeness (QED) is 0.712.